The summed E-state index contributed by atoms with van der Waals surface area (Å²) in [6, 6.07) is 13.5. The standard InChI is InChI=1S/C27H39N3O6S/c1-20(2)18-28-27(32)21(3)29(19-22-11-9-12-23(17-22)35-4)26(31)15-10-16-30(37(6,33)34)24-13-7-8-14-25(24)36-5/h7-9,11-14,17,20-21H,10,15-16,18-19H2,1-6H3,(H,28,32). The lowest BCUT2D eigenvalue weighted by Gasteiger charge is -2.30. The monoisotopic (exact) mass is 533 g/mol. The van der Waals surface area contributed by atoms with Crippen LogP contribution in [-0.4, -0.2) is 64.7 Å². The Bertz CT molecular complexity index is 1150. The summed E-state index contributed by atoms with van der Waals surface area (Å²) in [5.74, 6) is 0.868. The van der Waals surface area contributed by atoms with E-state index in [2.05, 4.69) is 5.32 Å². The molecule has 0 saturated carbocycles. The quantitative estimate of drug-likeness (QED) is 0.399. The van der Waals surface area contributed by atoms with Crippen molar-refractivity contribution in [1.29, 1.82) is 0 Å². The Balaban J connectivity index is 2.21. The van der Waals surface area contributed by atoms with Crippen molar-refractivity contribution in [2.45, 2.75) is 46.2 Å². The Morgan fingerprint density at radius 1 is 1.00 bits per heavy atom. The van der Waals surface area contributed by atoms with Crippen LogP contribution < -0.4 is 19.1 Å². The molecule has 0 bridgehead atoms. The van der Waals surface area contributed by atoms with Crippen LogP contribution in [0.15, 0.2) is 48.5 Å². The number of hydrogen-bond donors (Lipinski definition) is 1. The molecule has 2 aromatic carbocycles. The van der Waals surface area contributed by atoms with E-state index in [4.69, 9.17) is 9.47 Å². The fraction of sp³-hybridized carbons (Fsp3) is 0.481. The van der Waals surface area contributed by atoms with E-state index >= 15 is 0 Å². The van der Waals surface area contributed by atoms with Crippen LogP contribution in [0.25, 0.3) is 0 Å². The molecular formula is C27H39N3O6S. The average Bonchev–Trinajstić information content (AvgIpc) is 2.87. The Morgan fingerprint density at radius 3 is 2.32 bits per heavy atom. The molecule has 1 unspecified atom stereocenters. The second kappa shape index (κ2) is 13.9. The predicted molar refractivity (Wildman–Crippen MR) is 145 cm³/mol. The van der Waals surface area contributed by atoms with Gasteiger partial charge in [-0.2, -0.15) is 0 Å². The van der Waals surface area contributed by atoms with E-state index in [1.54, 1.807) is 38.3 Å². The van der Waals surface area contributed by atoms with E-state index in [0.717, 1.165) is 11.8 Å². The summed E-state index contributed by atoms with van der Waals surface area (Å²) in [7, 11) is -0.574. The van der Waals surface area contributed by atoms with Gasteiger partial charge in [0.05, 0.1) is 26.2 Å². The number of sulfonamides is 1. The minimum Gasteiger partial charge on any atom is -0.497 e. The molecule has 0 saturated heterocycles. The molecule has 0 aromatic heterocycles. The van der Waals surface area contributed by atoms with Crippen LogP contribution in [0.1, 0.15) is 39.2 Å². The van der Waals surface area contributed by atoms with Crippen LogP contribution in [0, 0.1) is 5.92 Å². The zero-order valence-electron chi connectivity index (χ0n) is 22.6. The molecule has 2 aromatic rings. The first-order valence-electron chi connectivity index (χ1n) is 12.3. The van der Waals surface area contributed by atoms with Crippen LogP contribution >= 0.6 is 0 Å². The van der Waals surface area contributed by atoms with Crippen molar-refractivity contribution in [1.82, 2.24) is 10.2 Å². The van der Waals surface area contributed by atoms with Crippen molar-refractivity contribution in [3.63, 3.8) is 0 Å². The zero-order valence-corrected chi connectivity index (χ0v) is 23.4. The van der Waals surface area contributed by atoms with E-state index in [9.17, 15) is 18.0 Å². The maximum atomic E-state index is 13.4. The topological polar surface area (TPSA) is 105 Å². The number of benzene rings is 2. The maximum Gasteiger partial charge on any atom is 0.242 e. The fourth-order valence-electron chi connectivity index (χ4n) is 3.82. The third-order valence-corrected chi connectivity index (χ3v) is 7.02. The molecule has 1 N–H and O–H groups in total. The minimum atomic E-state index is -3.62. The summed E-state index contributed by atoms with van der Waals surface area (Å²) in [5, 5.41) is 2.89. The van der Waals surface area contributed by atoms with E-state index in [1.165, 1.54) is 16.3 Å². The first-order valence-corrected chi connectivity index (χ1v) is 14.1. The highest BCUT2D eigenvalue weighted by molar-refractivity contribution is 7.92. The SMILES string of the molecule is COc1cccc(CN(C(=O)CCCN(c2ccccc2OC)S(C)(=O)=O)C(C)C(=O)NCC(C)C)c1. The number of para-hydroxylation sites is 2. The molecule has 1 atom stereocenters. The zero-order chi connectivity index (χ0) is 27.6. The molecule has 0 heterocycles. The van der Waals surface area contributed by atoms with Crippen LogP contribution in [-0.2, 0) is 26.2 Å². The molecule has 0 spiro atoms. The van der Waals surface area contributed by atoms with Gasteiger partial charge in [-0.15, -0.1) is 0 Å². The molecule has 204 valence electrons. The third kappa shape index (κ3) is 8.96. The third-order valence-electron chi connectivity index (χ3n) is 5.84. The van der Waals surface area contributed by atoms with Gasteiger partial charge >= 0.3 is 0 Å². The van der Waals surface area contributed by atoms with Gasteiger partial charge in [-0.25, -0.2) is 8.42 Å². The Hall–Kier alpha value is -3.27. The molecule has 0 aliphatic rings. The number of amides is 2. The van der Waals surface area contributed by atoms with Crippen LogP contribution in [0.4, 0.5) is 5.69 Å². The number of ether oxygens (including phenoxy) is 2. The lowest BCUT2D eigenvalue weighted by Crippen LogP contribution is -2.48. The fourth-order valence-corrected chi connectivity index (χ4v) is 4.79. The van der Waals surface area contributed by atoms with Crippen molar-refractivity contribution in [2.24, 2.45) is 5.92 Å². The first kappa shape index (κ1) is 30.0. The van der Waals surface area contributed by atoms with E-state index in [0.29, 0.717) is 23.7 Å². The first-order chi connectivity index (χ1) is 17.5. The normalized spacial score (nSPS) is 12.1. The summed E-state index contributed by atoms with van der Waals surface area (Å²) in [6.45, 7) is 6.51. The van der Waals surface area contributed by atoms with Crippen LogP contribution in [0.2, 0.25) is 0 Å². The van der Waals surface area contributed by atoms with E-state index in [-0.39, 0.29) is 43.7 Å². The van der Waals surface area contributed by atoms with Crippen LogP contribution in [0.3, 0.4) is 0 Å². The highest BCUT2D eigenvalue weighted by Gasteiger charge is 2.27. The van der Waals surface area contributed by atoms with Gasteiger partial charge in [0, 0.05) is 26.1 Å². The largest absolute Gasteiger partial charge is 0.497 e. The van der Waals surface area contributed by atoms with E-state index < -0.39 is 16.1 Å². The van der Waals surface area contributed by atoms with Crippen molar-refractivity contribution in [2.75, 3.05) is 37.9 Å². The average molecular weight is 534 g/mol. The van der Waals surface area contributed by atoms with Gasteiger partial charge in [0.1, 0.15) is 17.5 Å². The number of nitrogens with zero attached hydrogens (tertiary/aromatic N) is 2. The summed E-state index contributed by atoms with van der Waals surface area (Å²) < 4.78 is 37.0. The Labute approximate surface area is 220 Å². The van der Waals surface area contributed by atoms with Crippen molar-refractivity contribution < 1.29 is 27.5 Å². The molecule has 0 fully saturated rings. The summed E-state index contributed by atoms with van der Waals surface area (Å²) in [5.41, 5.74) is 1.23. The second-order valence-electron chi connectivity index (χ2n) is 9.30. The molecule has 0 aliphatic heterocycles. The van der Waals surface area contributed by atoms with Crippen molar-refractivity contribution >= 4 is 27.5 Å². The molecule has 2 rings (SSSR count). The van der Waals surface area contributed by atoms with Gasteiger partial charge in [0.25, 0.3) is 0 Å². The molecule has 2 amide bonds. The molecule has 9 nitrogen and oxygen atoms in total. The van der Waals surface area contributed by atoms with Crippen molar-refractivity contribution in [3.8, 4) is 11.5 Å². The van der Waals surface area contributed by atoms with Gasteiger partial charge in [-0.3, -0.25) is 13.9 Å². The molecule has 0 radical (unpaired) electrons. The number of carbonyl (C=O) groups is 2. The minimum absolute atomic E-state index is 0.0624. The van der Waals surface area contributed by atoms with E-state index in [1.807, 2.05) is 38.1 Å². The van der Waals surface area contributed by atoms with Gasteiger partial charge < -0.3 is 19.7 Å². The summed E-state index contributed by atoms with van der Waals surface area (Å²) in [4.78, 5) is 27.8. The maximum absolute atomic E-state index is 13.4. The number of rotatable bonds is 14. The van der Waals surface area contributed by atoms with Gasteiger partial charge in [-0.05, 0) is 49.1 Å². The lowest BCUT2D eigenvalue weighted by atomic mass is 10.1. The van der Waals surface area contributed by atoms with Crippen molar-refractivity contribution in [3.05, 3.63) is 54.1 Å². The summed E-state index contributed by atoms with van der Waals surface area (Å²) in [6.07, 6.45) is 1.45. The lowest BCUT2D eigenvalue weighted by molar-refractivity contribution is -0.140. The van der Waals surface area contributed by atoms with Crippen LogP contribution in [0.5, 0.6) is 11.5 Å². The number of anilines is 1. The highest BCUT2D eigenvalue weighted by atomic mass is 32.2. The Morgan fingerprint density at radius 2 is 1.70 bits per heavy atom. The van der Waals surface area contributed by atoms with Gasteiger partial charge in [-0.1, -0.05) is 38.1 Å². The molecule has 37 heavy (non-hydrogen) atoms. The smallest absolute Gasteiger partial charge is 0.242 e. The number of carbonyl (C=O) groups excluding carboxylic acids is 2. The summed E-state index contributed by atoms with van der Waals surface area (Å²) >= 11 is 0. The van der Waals surface area contributed by atoms with Gasteiger partial charge in [0.2, 0.25) is 21.8 Å². The molecule has 0 aliphatic carbocycles. The van der Waals surface area contributed by atoms with Gasteiger partial charge in [0.15, 0.2) is 0 Å². The number of nitrogens with one attached hydrogen (secondary N) is 1. The number of methoxy groups -OCH3 is 2. The Kier molecular flexibility index (Phi) is 11.2. The second-order valence-corrected chi connectivity index (χ2v) is 11.2. The predicted octanol–water partition coefficient (Wildman–Crippen LogP) is 3.44. The number of hydrogen-bond acceptors (Lipinski definition) is 6. The highest BCUT2D eigenvalue weighted by Crippen LogP contribution is 2.29. The molecular weight excluding hydrogens is 494 g/mol. The molecule has 10 heteroatoms.